The fourth-order valence-electron chi connectivity index (χ4n) is 12.0. The van der Waals surface area contributed by atoms with E-state index in [1.807, 2.05) is 66.1 Å². The van der Waals surface area contributed by atoms with Crippen molar-refractivity contribution in [1.82, 2.24) is 0 Å². The highest BCUT2D eigenvalue weighted by molar-refractivity contribution is 7.26. The predicted molar refractivity (Wildman–Crippen MR) is 348 cm³/mol. The lowest BCUT2D eigenvalue weighted by Crippen LogP contribution is -2.29. The lowest BCUT2D eigenvalue weighted by Gasteiger charge is -2.35. The van der Waals surface area contributed by atoms with Crippen LogP contribution >= 0.6 is 34.0 Å². The number of rotatable bonds is 5. The van der Waals surface area contributed by atoms with E-state index in [4.69, 9.17) is 0 Å². The summed E-state index contributed by atoms with van der Waals surface area (Å²) in [6, 6.07) is 100. The Labute approximate surface area is 474 Å². The first kappa shape index (κ1) is 49.9. The summed E-state index contributed by atoms with van der Waals surface area (Å²) in [6.45, 7) is 8.31. The fourth-order valence-corrected chi connectivity index (χ4v) is 15.4. The number of nitrogens with zero attached hydrogens (tertiary/aromatic N) is 1. The van der Waals surface area contributed by atoms with Crippen molar-refractivity contribution in [3.05, 3.63) is 306 Å². The second-order valence-electron chi connectivity index (χ2n) is 20.0. The Morgan fingerprint density at radius 2 is 0.759 bits per heavy atom. The number of anilines is 3. The average Bonchev–Trinajstić information content (AvgIpc) is 4.38. The van der Waals surface area contributed by atoms with E-state index < -0.39 is 5.41 Å². The van der Waals surface area contributed by atoms with Gasteiger partial charge in [0, 0.05) is 71.6 Å². The monoisotopic (exact) mass is 1070 g/mol. The molecule has 0 radical (unpaired) electrons. The zero-order chi connectivity index (χ0) is 53.5. The second kappa shape index (κ2) is 21.3. The highest BCUT2D eigenvalue weighted by Crippen LogP contribution is 2.60. The number of aryl methyl sites for hydroxylation is 2. The maximum Gasteiger partial charge on any atom is 0.0714 e. The number of hydrogen-bond acceptors (Lipinski definition) is 4. The first-order chi connectivity index (χ1) is 39.0. The van der Waals surface area contributed by atoms with Gasteiger partial charge >= 0.3 is 0 Å². The molecule has 3 heterocycles. The van der Waals surface area contributed by atoms with Gasteiger partial charge in [0.15, 0.2) is 0 Å². The van der Waals surface area contributed by atoms with E-state index in [1.54, 1.807) is 0 Å². The van der Waals surface area contributed by atoms with Gasteiger partial charge in [0.2, 0.25) is 0 Å². The van der Waals surface area contributed by atoms with Crippen molar-refractivity contribution in [2.75, 3.05) is 4.90 Å². The van der Waals surface area contributed by atoms with E-state index in [0.717, 1.165) is 5.69 Å². The van der Waals surface area contributed by atoms with Gasteiger partial charge in [0.05, 0.1) is 16.8 Å². The van der Waals surface area contributed by atoms with Crippen molar-refractivity contribution >= 4 is 122 Å². The number of hydrogen-bond donors (Lipinski definition) is 0. The molecule has 4 heteroatoms. The lowest BCUT2D eigenvalue weighted by atomic mass is 9.67. The van der Waals surface area contributed by atoms with Gasteiger partial charge in [-0.1, -0.05) is 243 Å². The van der Waals surface area contributed by atoms with Crippen LogP contribution in [0.25, 0.3) is 82.4 Å². The van der Waals surface area contributed by atoms with E-state index in [2.05, 4.69) is 274 Å². The number of fused-ring (bicyclic) bond motifs is 14. The summed E-state index contributed by atoms with van der Waals surface area (Å²) >= 11 is 5.61. The molecule has 380 valence electrons. The average molecular weight is 1070 g/mol. The van der Waals surface area contributed by atoms with Gasteiger partial charge in [-0.05, 0) is 107 Å². The van der Waals surface area contributed by atoms with Crippen molar-refractivity contribution in [1.29, 1.82) is 0 Å². The zero-order valence-electron chi connectivity index (χ0n) is 44.7. The van der Waals surface area contributed by atoms with Crippen LogP contribution in [-0.2, 0) is 5.41 Å². The molecule has 1 nitrogen and oxygen atoms in total. The predicted octanol–water partition coefficient (Wildman–Crippen LogP) is 22.8. The summed E-state index contributed by atoms with van der Waals surface area (Å²) in [4.78, 5) is 2.57. The van der Waals surface area contributed by atoms with Gasteiger partial charge in [-0.25, -0.2) is 0 Å². The summed E-state index contributed by atoms with van der Waals surface area (Å²) in [6.07, 6.45) is 0. The summed E-state index contributed by atoms with van der Waals surface area (Å²) < 4.78 is 7.95. The molecular formula is C75H57NS3. The van der Waals surface area contributed by atoms with Crippen LogP contribution in [0.2, 0.25) is 0 Å². The molecular weight excluding hydrogens is 1010 g/mol. The molecule has 12 aromatic carbocycles. The quantitative estimate of drug-likeness (QED) is 0.166. The van der Waals surface area contributed by atoms with Gasteiger partial charge in [-0.2, -0.15) is 0 Å². The molecule has 79 heavy (non-hydrogen) atoms. The molecule has 1 aliphatic carbocycles. The number of thiophene rings is 3. The van der Waals surface area contributed by atoms with Crippen LogP contribution in [-0.4, -0.2) is 0 Å². The minimum absolute atomic E-state index is 0.541. The minimum Gasteiger partial charge on any atom is -0.309 e. The molecule has 0 saturated carbocycles. The fraction of sp³-hybridized carbons (Fsp3) is 0.0667. The van der Waals surface area contributed by atoms with E-state index in [-0.39, 0.29) is 0 Å². The molecule has 0 amide bonds. The number of benzene rings is 12. The Morgan fingerprint density at radius 3 is 1.33 bits per heavy atom. The molecule has 1 aliphatic rings. The standard InChI is InChI=1S/C54H35NS2.C12H8S.C7H8.C2H6/c1-34-27-29-42-44(31-34)54(35-15-4-2-5-16-35,36-17-6-3-7-18-36)45-33-47(38-19-8-9-21-41(38)52(42)45)55(37-28-30-40-39-20-10-12-24-48(39)57-51(40)32-37)46-23-14-26-50-53(46)43-22-11-13-25-49(43)56-50;1-3-7-11-9(5-1)10-6-2-4-8-12(10)13-11;1-7-5-3-2-4-6-7;1-2/h2-33H,1H3;1-8H;2-6H,1H3;1-2H3. The Hall–Kier alpha value is -8.64. The topological polar surface area (TPSA) is 3.24 Å². The molecule has 0 N–H and O–H groups in total. The normalized spacial score (nSPS) is 12.2. The minimum atomic E-state index is -0.541. The summed E-state index contributed by atoms with van der Waals surface area (Å²) in [5, 5.41) is 10.4. The first-order valence-corrected chi connectivity index (χ1v) is 29.8. The maximum atomic E-state index is 2.57. The molecule has 15 aromatic rings. The van der Waals surface area contributed by atoms with Crippen LogP contribution in [0.1, 0.15) is 47.2 Å². The zero-order valence-corrected chi connectivity index (χ0v) is 47.1. The molecule has 3 aromatic heterocycles. The van der Waals surface area contributed by atoms with E-state index in [9.17, 15) is 0 Å². The Bertz CT molecular complexity index is 4570. The van der Waals surface area contributed by atoms with Crippen molar-refractivity contribution in [2.45, 2.75) is 33.1 Å². The van der Waals surface area contributed by atoms with Crippen LogP contribution in [0.4, 0.5) is 17.1 Å². The summed E-state index contributed by atoms with van der Waals surface area (Å²) in [5.41, 5.74) is 13.4. The van der Waals surface area contributed by atoms with Crippen molar-refractivity contribution in [3.63, 3.8) is 0 Å². The highest BCUT2D eigenvalue weighted by Gasteiger charge is 2.47. The SMILES string of the molecule is CC.Cc1ccc2c(c1)C(c1ccccc1)(c1ccccc1)c1cc(N(c3ccc4c(c3)sc3ccccc34)c3cccc4sc5ccccc5c34)c3ccccc3c1-2.Cc1ccccc1.c1ccc2c(c1)sc1ccccc12. The third-order valence-electron chi connectivity index (χ3n) is 15.4. The van der Waals surface area contributed by atoms with Crippen LogP contribution in [0.15, 0.2) is 273 Å². The molecule has 0 spiro atoms. The second-order valence-corrected chi connectivity index (χ2v) is 23.3. The molecule has 0 saturated heterocycles. The van der Waals surface area contributed by atoms with Gasteiger partial charge in [-0.15, -0.1) is 34.0 Å². The van der Waals surface area contributed by atoms with E-state index >= 15 is 0 Å². The van der Waals surface area contributed by atoms with Crippen LogP contribution in [0, 0.1) is 13.8 Å². The Balaban J connectivity index is 0.000000223. The molecule has 0 fully saturated rings. The summed E-state index contributed by atoms with van der Waals surface area (Å²) in [5.74, 6) is 0. The molecule has 0 unspecified atom stereocenters. The van der Waals surface area contributed by atoms with Gasteiger partial charge in [0.1, 0.15) is 0 Å². The van der Waals surface area contributed by atoms with Crippen LogP contribution in [0.5, 0.6) is 0 Å². The molecule has 0 aliphatic heterocycles. The third kappa shape index (κ3) is 8.68. The van der Waals surface area contributed by atoms with Crippen molar-refractivity contribution in [3.8, 4) is 11.1 Å². The first-order valence-electron chi connectivity index (χ1n) is 27.3. The molecule has 16 rings (SSSR count). The summed E-state index contributed by atoms with van der Waals surface area (Å²) in [7, 11) is 0. The van der Waals surface area contributed by atoms with Crippen LogP contribution < -0.4 is 4.90 Å². The highest BCUT2D eigenvalue weighted by atomic mass is 32.1. The largest absolute Gasteiger partial charge is 0.309 e. The maximum absolute atomic E-state index is 2.57. The smallest absolute Gasteiger partial charge is 0.0714 e. The Morgan fingerprint density at radius 1 is 0.304 bits per heavy atom. The van der Waals surface area contributed by atoms with E-state index in [0.29, 0.717) is 0 Å². The van der Waals surface area contributed by atoms with Gasteiger partial charge in [0.25, 0.3) is 0 Å². The third-order valence-corrected chi connectivity index (χ3v) is 18.8. The molecule has 0 atom stereocenters. The van der Waals surface area contributed by atoms with Gasteiger partial charge < -0.3 is 4.90 Å². The molecule has 0 bridgehead atoms. The lowest BCUT2D eigenvalue weighted by molar-refractivity contribution is 0.768. The van der Waals surface area contributed by atoms with E-state index in [1.165, 1.54) is 127 Å². The van der Waals surface area contributed by atoms with Gasteiger partial charge in [-0.3, -0.25) is 0 Å². The van der Waals surface area contributed by atoms with Crippen molar-refractivity contribution in [2.24, 2.45) is 0 Å². The van der Waals surface area contributed by atoms with Crippen LogP contribution in [0.3, 0.4) is 0 Å². The Kier molecular flexibility index (Phi) is 13.5. The van der Waals surface area contributed by atoms with Crippen molar-refractivity contribution < 1.29 is 0 Å².